The summed E-state index contributed by atoms with van der Waals surface area (Å²) >= 11 is 0. The second kappa shape index (κ2) is 10.6. The molecule has 0 amide bonds. The van der Waals surface area contributed by atoms with Crippen molar-refractivity contribution in [2.75, 3.05) is 0 Å². The maximum atomic E-state index is 15.5. The van der Waals surface area contributed by atoms with Crippen LogP contribution in [-0.4, -0.2) is 0 Å². The van der Waals surface area contributed by atoms with E-state index < -0.39 is 40.6 Å². The van der Waals surface area contributed by atoms with E-state index in [4.69, 9.17) is 0 Å². The van der Waals surface area contributed by atoms with Crippen molar-refractivity contribution in [3.63, 3.8) is 0 Å². The van der Waals surface area contributed by atoms with Crippen molar-refractivity contribution in [3.05, 3.63) is 132 Å². The third kappa shape index (κ3) is 5.11. The molecule has 0 bridgehead atoms. The highest BCUT2D eigenvalue weighted by atomic mass is 19.4. The Balaban J connectivity index is 1.57. The Kier molecular flexibility index (Phi) is 7.23. The van der Waals surface area contributed by atoms with E-state index in [0.717, 1.165) is 36.6 Å². The zero-order chi connectivity index (χ0) is 28.6. The lowest BCUT2D eigenvalue weighted by Crippen LogP contribution is -2.07. The molecule has 0 saturated carbocycles. The van der Waals surface area contributed by atoms with Gasteiger partial charge in [0, 0.05) is 10.9 Å². The fourth-order valence-corrected chi connectivity index (χ4v) is 4.84. The van der Waals surface area contributed by atoms with Gasteiger partial charge < -0.3 is 0 Å². The zero-order valence-corrected chi connectivity index (χ0v) is 20.9. The lowest BCUT2D eigenvalue weighted by atomic mass is 9.91. The summed E-state index contributed by atoms with van der Waals surface area (Å²) in [5.41, 5.74) is -0.766. The quantitative estimate of drug-likeness (QED) is 0.146. The van der Waals surface area contributed by atoms with Crippen LogP contribution in [-0.2, 0) is 12.6 Å². The lowest BCUT2D eigenvalue weighted by Gasteiger charge is -2.15. The molecule has 0 aliphatic heterocycles. The van der Waals surface area contributed by atoms with Gasteiger partial charge in [0.2, 0.25) is 0 Å². The summed E-state index contributed by atoms with van der Waals surface area (Å²) < 4.78 is 99.8. The molecule has 7 heteroatoms. The first-order valence-electron chi connectivity index (χ1n) is 12.4. The van der Waals surface area contributed by atoms with Gasteiger partial charge in [-0.05, 0) is 70.3 Å². The van der Waals surface area contributed by atoms with E-state index in [-0.39, 0.29) is 27.8 Å². The number of benzene rings is 5. The third-order valence-corrected chi connectivity index (χ3v) is 6.79. The molecule has 0 saturated heterocycles. The van der Waals surface area contributed by atoms with Crippen LogP contribution >= 0.6 is 0 Å². The van der Waals surface area contributed by atoms with Gasteiger partial charge in [-0.2, -0.15) is 13.2 Å². The molecular formula is C33H21F7. The molecular weight excluding hydrogens is 529 g/mol. The topological polar surface area (TPSA) is 0 Å². The average Bonchev–Trinajstić information content (AvgIpc) is 2.91. The molecule has 0 radical (unpaired) electrons. The van der Waals surface area contributed by atoms with Gasteiger partial charge in [0.05, 0.1) is 11.1 Å². The minimum Gasteiger partial charge on any atom is -0.206 e. The Morgan fingerprint density at radius 3 is 1.98 bits per heavy atom. The SMILES string of the molecule is C=CCCc1ccc2c(F)c(-c3cc(F)c(-c4ccccc4-c4ccc(C(F)(F)F)c(F)c4)c(F)c3)ccc2c1. The summed E-state index contributed by atoms with van der Waals surface area (Å²) in [5, 5.41) is 0.956. The van der Waals surface area contributed by atoms with Gasteiger partial charge in [0.1, 0.15) is 23.3 Å². The third-order valence-electron chi connectivity index (χ3n) is 6.79. The van der Waals surface area contributed by atoms with Crippen molar-refractivity contribution in [1.82, 2.24) is 0 Å². The smallest absolute Gasteiger partial charge is 0.206 e. The second-order valence-electron chi connectivity index (χ2n) is 9.36. The van der Waals surface area contributed by atoms with Crippen LogP contribution in [0.15, 0.2) is 97.6 Å². The van der Waals surface area contributed by atoms with Gasteiger partial charge >= 0.3 is 6.18 Å². The Bertz CT molecular complexity index is 1730. The van der Waals surface area contributed by atoms with Gasteiger partial charge in [-0.15, -0.1) is 6.58 Å². The first-order valence-corrected chi connectivity index (χ1v) is 12.4. The molecule has 0 N–H and O–H groups in total. The summed E-state index contributed by atoms with van der Waals surface area (Å²) in [4.78, 5) is 0. The number of hydrogen-bond acceptors (Lipinski definition) is 0. The monoisotopic (exact) mass is 550 g/mol. The van der Waals surface area contributed by atoms with E-state index in [0.29, 0.717) is 22.9 Å². The lowest BCUT2D eigenvalue weighted by molar-refractivity contribution is -0.139. The first kappa shape index (κ1) is 27.2. The first-order chi connectivity index (χ1) is 19.1. The normalized spacial score (nSPS) is 11.7. The number of allylic oxidation sites excluding steroid dienone is 1. The number of hydrogen-bond donors (Lipinski definition) is 0. The van der Waals surface area contributed by atoms with Crippen LogP contribution in [0.5, 0.6) is 0 Å². The predicted molar refractivity (Wildman–Crippen MR) is 144 cm³/mol. The van der Waals surface area contributed by atoms with Crippen molar-refractivity contribution >= 4 is 10.8 Å². The molecule has 0 aromatic heterocycles. The fraction of sp³-hybridized carbons (Fsp3) is 0.0909. The van der Waals surface area contributed by atoms with Crippen LogP contribution in [0.3, 0.4) is 0 Å². The predicted octanol–water partition coefficient (Wildman–Crippen LogP) is 10.5. The van der Waals surface area contributed by atoms with Crippen LogP contribution in [0.4, 0.5) is 30.7 Å². The molecule has 0 heterocycles. The van der Waals surface area contributed by atoms with E-state index in [9.17, 15) is 17.6 Å². The molecule has 5 aromatic rings. The number of alkyl halides is 3. The molecule has 40 heavy (non-hydrogen) atoms. The van der Waals surface area contributed by atoms with Gasteiger partial charge in [0.25, 0.3) is 0 Å². The van der Waals surface area contributed by atoms with Gasteiger partial charge in [-0.1, -0.05) is 66.7 Å². The van der Waals surface area contributed by atoms with Crippen molar-refractivity contribution in [2.45, 2.75) is 19.0 Å². The molecule has 0 fully saturated rings. The molecule has 202 valence electrons. The van der Waals surface area contributed by atoms with Crippen LogP contribution in [0.25, 0.3) is 44.2 Å². The molecule has 5 rings (SSSR count). The van der Waals surface area contributed by atoms with E-state index in [2.05, 4.69) is 6.58 Å². The standard InChI is InChI=1S/C33H21F7/c1-2-3-6-19-9-12-24-20(15-19)10-13-25(32(24)37)22-17-29(35)31(30(36)18-22)26-8-5-4-7-23(26)21-11-14-27(28(34)16-21)33(38,39)40/h2,4-5,7-18H,1,3,6H2. The fourth-order valence-electron chi connectivity index (χ4n) is 4.84. The minimum absolute atomic E-state index is 0.00814. The number of rotatable bonds is 6. The van der Waals surface area contributed by atoms with Crippen molar-refractivity contribution in [2.24, 2.45) is 0 Å². The summed E-state index contributed by atoms with van der Waals surface area (Å²) in [5.74, 6) is -4.14. The average molecular weight is 551 g/mol. The van der Waals surface area contributed by atoms with Crippen LogP contribution in [0.2, 0.25) is 0 Å². The van der Waals surface area contributed by atoms with E-state index in [1.165, 1.54) is 30.3 Å². The summed E-state index contributed by atoms with van der Waals surface area (Å²) in [6.07, 6.45) is -1.57. The van der Waals surface area contributed by atoms with Crippen molar-refractivity contribution < 1.29 is 30.7 Å². The number of fused-ring (bicyclic) bond motifs is 1. The van der Waals surface area contributed by atoms with Crippen LogP contribution in [0.1, 0.15) is 17.5 Å². The highest BCUT2D eigenvalue weighted by Crippen LogP contribution is 2.40. The molecule has 0 unspecified atom stereocenters. The number of aryl methyl sites for hydroxylation is 1. The number of halogens is 7. The Labute approximate surface area is 226 Å². The Hall–Kier alpha value is -4.39. The molecule has 0 spiro atoms. The largest absolute Gasteiger partial charge is 0.419 e. The van der Waals surface area contributed by atoms with Gasteiger partial charge in [0.15, 0.2) is 0 Å². The Morgan fingerprint density at radius 1 is 0.650 bits per heavy atom. The summed E-state index contributed by atoms with van der Waals surface area (Å²) in [6, 6.07) is 18.6. The van der Waals surface area contributed by atoms with Crippen LogP contribution in [0, 0.1) is 23.3 Å². The van der Waals surface area contributed by atoms with Crippen molar-refractivity contribution in [3.8, 4) is 33.4 Å². The molecule has 5 aromatic carbocycles. The van der Waals surface area contributed by atoms with E-state index >= 15 is 13.2 Å². The van der Waals surface area contributed by atoms with Crippen LogP contribution < -0.4 is 0 Å². The maximum Gasteiger partial charge on any atom is 0.419 e. The summed E-state index contributed by atoms with van der Waals surface area (Å²) in [7, 11) is 0. The molecule has 0 aliphatic rings. The Morgan fingerprint density at radius 2 is 1.32 bits per heavy atom. The van der Waals surface area contributed by atoms with Gasteiger partial charge in [-0.3, -0.25) is 0 Å². The molecule has 0 atom stereocenters. The summed E-state index contributed by atoms with van der Waals surface area (Å²) in [6.45, 7) is 3.70. The van der Waals surface area contributed by atoms with E-state index in [1.54, 1.807) is 24.3 Å². The maximum absolute atomic E-state index is 15.5. The molecule has 0 aliphatic carbocycles. The van der Waals surface area contributed by atoms with E-state index in [1.807, 2.05) is 6.07 Å². The van der Waals surface area contributed by atoms with Crippen molar-refractivity contribution in [1.29, 1.82) is 0 Å². The zero-order valence-electron chi connectivity index (χ0n) is 20.9. The van der Waals surface area contributed by atoms with Gasteiger partial charge in [-0.25, -0.2) is 17.6 Å². The highest BCUT2D eigenvalue weighted by molar-refractivity contribution is 5.90. The molecule has 0 nitrogen and oxygen atoms in total. The minimum atomic E-state index is -4.89. The highest BCUT2D eigenvalue weighted by Gasteiger charge is 2.34. The second-order valence-corrected chi connectivity index (χ2v) is 9.36.